The van der Waals surface area contributed by atoms with Crippen molar-refractivity contribution < 1.29 is 22.8 Å². The molecule has 0 unspecified atom stereocenters. The Labute approximate surface area is 198 Å². The van der Waals surface area contributed by atoms with E-state index in [1.165, 1.54) is 24.4 Å². The number of pyridine rings is 1. The molecule has 0 atom stereocenters. The van der Waals surface area contributed by atoms with Crippen LogP contribution in [0.2, 0.25) is 5.02 Å². The minimum atomic E-state index is -0.947. The molecule has 1 aromatic heterocycles. The van der Waals surface area contributed by atoms with Crippen LogP contribution in [0.1, 0.15) is 44.7 Å². The van der Waals surface area contributed by atoms with Crippen molar-refractivity contribution in [3.63, 3.8) is 0 Å². The minimum Gasteiger partial charge on any atom is -0.349 e. The third-order valence-corrected chi connectivity index (χ3v) is 5.73. The standard InChI is InChI=1S/C24H20ClF3N4O2/c25-18-4-5-19(26)17(22(18)28)11-31-23(33)12-1-6-21(30-10-12)15-7-13(8-20(27)16(15)9-29)24(34)32-14-2-3-14/h1,4-8,10,14H,2-3,9,11,29H2,(H,31,33)(H,32,34). The first-order chi connectivity index (χ1) is 16.3. The Morgan fingerprint density at radius 3 is 2.41 bits per heavy atom. The molecule has 0 bridgehead atoms. The van der Waals surface area contributed by atoms with Gasteiger partial charge < -0.3 is 16.4 Å². The van der Waals surface area contributed by atoms with Crippen LogP contribution >= 0.6 is 11.6 Å². The van der Waals surface area contributed by atoms with E-state index >= 15 is 0 Å². The monoisotopic (exact) mass is 488 g/mol. The van der Waals surface area contributed by atoms with E-state index in [0.717, 1.165) is 31.0 Å². The minimum absolute atomic E-state index is 0.109. The number of benzene rings is 2. The Balaban J connectivity index is 1.54. The van der Waals surface area contributed by atoms with Crippen molar-refractivity contribution in [3.05, 3.63) is 87.3 Å². The van der Waals surface area contributed by atoms with Crippen molar-refractivity contribution in [2.45, 2.75) is 32.0 Å². The molecule has 1 fully saturated rings. The molecule has 0 spiro atoms. The lowest BCUT2D eigenvalue weighted by Crippen LogP contribution is -2.25. The highest BCUT2D eigenvalue weighted by Gasteiger charge is 2.25. The van der Waals surface area contributed by atoms with Crippen LogP contribution in [-0.4, -0.2) is 22.8 Å². The summed E-state index contributed by atoms with van der Waals surface area (Å²) in [6.07, 6.45) is 3.03. The molecule has 1 heterocycles. The molecule has 4 rings (SSSR count). The van der Waals surface area contributed by atoms with Crippen molar-refractivity contribution in [2.75, 3.05) is 0 Å². The second kappa shape index (κ2) is 9.82. The fourth-order valence-electron chi connectivity index (χ4n) is 3.39. The summed E-state index contributed by atoms with van der Waals surface area (Å²) >= 11 is 5.66. The molecule has 2 aromatic carbocycles. The molecule has 2 amide bonds. The van der Waals surface area contributed by atoms with Crippen molar-refractivity contribution in [2.24, 2.45) is 5.73 Å². The van der Waals surface area contributed by atoms with E-state index < -0.39 is 29.9 Å². The van der Waals surface area contributed by atoms with Crippen molar-refractivity contribution in [1.82, 2.24) is 15.6 Å². The number of nitrogens with zero attached hydrogens (tertiary/aromatic N) is 1. The number of nitrogens with one attached hydrogen (secondary N) is 2. The summed E-state index contributed by atoms with van der Waals surface area (Å²) in [6, 6.07) is 7.76. The summed E-state index contributed by atoms with van der Waals surface area (Å²) in [4.78, 5) is 29.0. The Kier molecular flexibility index (Phi) is 6.85. The van der Waals surface area contributed by atoms with Gasteiger partial charge in [-0.3, -0.25) is 14.6 Å². The Morgan fingerprint density at radius 2 is 1.76 bits per heavy atom. The Bertz CT molecular complexity index is 1260. The Morgan fingerprint density at radius 1 is 1.00 bits per heavy atom. The molecular formula is C24H20ClF3N4O2. The molecule has 0 radical (unpaired) electrons. The van der Waals surface area contributed by atoms with Gasteiger partial charge in [-0.25, -0.2) is 13.2 Å². The SMILES string of the molecule is NCc1c(F)cc(C(=O)NC2CC2)cc1-c1ccc(C(=O)NCc2c(F)ccc(Cl)c2F)cn1. The maximum absolute atomic E-state index is 14.7. The van der Waals surface area contributed by atoms with Crippen molar-refractivity contribution in [3.8, 4) is 11.3 Å². The lowest BCUT2D eigenvalue weighted by atomic mass is 9.99. The normalized spacial score (nSPS) is 13.0. The number of amides is 2. The van der Waals surface area contributed by atoms with Gasteiger partial charge in [-0.2, -0.15) is 0 Å². The van der Waals surface area contributed by atoms with E-state index in [2.05, 4.69) is 15.6 Å². The van der Waals surface area contributed by atoms with Gasteiger partial charge in [0, 0.05) is 47.6 Å². The van der Waals surface area contributed by atoms with Gasteiger partial charge in [0.1, 0.15) is 17.5 Å². The quantitative estimate of drug-likeness (QED) is 0.436. The second-order valence-electron chi connectivity index (χ2n) is 7.87. The number of hydrogen-bond acceptors (Lipinski definition) is 4. The van der Waals surface area contributed by atoms with Gasteiger partial charge >= 0.3 is 0 Å². The molecule has 4 N–H and O–H groups in total. The second-order valence-corrected chi connectivity index (χ2v) is 8.28. The summed E-state index contributed by atoms with van der Waals surface area (Å²) in [6.45, 7) is -0.536. The topological polar surface area (TPSA) is 97.1 Å². The average Bonchev–Trinajstić information content (AvgIpc) is 3.65. The fourth-order valence-corrected chi connectivity index (χ4v) is 3.57. The van der Waals surface area contributed by atoms with Crippen molar-refractivity contribution in [1.29, 1.82) is 0 Å². The largest absolute Gasteiger partial charge is 0.349 e. The summed E-state index contributed by atoms with van der Waals surface area (Å²) in [5.74, 6) is -3.42. The van der Waals surface area contributed by atoms with Gasteiger partial charge in [0.2, 0.25) is 0 Å². The molecule has 1 saturated carbocycles. The highest BCUT2D eigenvalue weighted by Crippen LogP contribution is 2.27. The number of aromatic nitrogens is 1. The molecule has 1 aliphatic carbocycles. The number of halogens is 4. The third-order valence-electron chi connectivity index (χ3n) is 5.44. The van der Waals surface area contributed by atoms with Crippen LogP contribution in [0.25, 0.3) is 11.3 Å². The third kappa shape index (κ3) is 5.05. The fraction of sp³-hybridized carbons (Fsp3) is 0.208. The van der Waals surface area contributed by atoms with Crippen molar-refractivity contribution >= 4 is 23.4 Å². The number of rotatable bonds is 7. The highest BCUT2D eigenvalue weighted by molar-refractivity contribution is 6.30. The summed E-state index contributed by atoms with van der Waals surface area (Å²) in [5.41, 5.74) is 6.42. The van der Waals surface area contributed by atoms with Crippen LogP contribution in [0.4, 0.5) is 13.2 Å². The molecule has 1 aliphatic rings. The van der Waals surface area contributed by atoms with E-state index in [4.69, 9.17) is 17.3 Å². The first-order valence-electron chi connectivity index (χ1n) is 10.5. The van der Waals surface area contributed by atoms with Crippen LogP contribution in [0.5, 0.6) is 0 Å². The predicted molar refractivity (Wildman–Crippen MR) is 121 cm³/mol. The summed E-state index contributed by atoms with van der Waals surface area (Å²) < 4.78 is 42.5. The van der Waals surface area contributed by atoms with E-state index in [-0.39, 0.29) is 45.8 Å². The first-order valence-corrected chi connectivity index (χ1v) is 10.9. The smallest absolute Gasteiger partial charge is 0.253 e. The van der Waals surface area contributed by atoms with E-state index in [1.54, 1.807) is 0 Å². The average molecular weight is 489 g/mol. The predicted octanol–water partition coefficient (Wildman–Crippen LogP) is 4.10. The molecule has 0 saturated heterocycles. The number of hydrogen-bond donors (Lipinski definition) is 3. The van der Waals surface area contributed by atoms with E-state index in [1.807, 2.05) is 0 Å². The number of nitrogens with two attached hydrogens (primary N) is 1. The highest BCUT2D eigenvalue weighted by atomic mass is 35.5. The first kappa shape index (κ1) is 23.7. The van der Waals surface area contributed by atoms with Gasteiger partial charge in [0.25, 0.3) is 11.8 Å². The molecule has 3 aromatic rings. The molecule has 10 heteroatoms. The number of carbonyl (C=O) groups excluding carboxylic acids is 2. The van der Waals surface area contributed by atoms with Gasteiger partial charge in [-0.15, -0.1) is 0 Å². The Hall–Kier alpha value is -3.43. The molecule has 34 heavy (non-hydrogen) atoms. The van der Waals surface area contributed by atoms with Gasteiger partial charge in [-0.05, 0) is 49.2 Å². The molecule has 176 valence electrons. The summed E-state index contributed by atoms with van der Waals surface area (Å²) in [5, 5.41) is 4.96. The maximum atomic E-state index is 14.7. The lowest BCUT2D eigenvalue weighted by Gasteiger charge is -2.13. The van der Waals surface area contributed by atoms with Crippen LogP contribution in [0.3, 0.4) is 0 Å². The van der Waals surface area contributed by atoms with Crippen LogP contribution < -0.4 is 16.4 Å². The summed E-state index contributed by atoms with van der Waals surface area (Å²) in [7, 11) is 0. The molecule has 6 nitrogen and oxygen atoms in total. The van der Waals surface area contributed by atoms with E-state index in [9.17, 15) is 22.8 Å². The maximum Gasteiger partial charge on any atom is 0.253 e. The van der Waals surface area contributed by atoms with Crippen LogP contribution in [0.15, 0.2) is 42.6 Å². The zero-order valence-corrected chi connectivity index (χ0v) is 18.6. The van der Waals surface area contributed by atoms with Crippen LogP contribution in [0, 0.1) is 17.5 Å². The zero-order chi connectivity index (χ0) is 24.4. The van der Waals surface area contributed by atoms with Gasteiger partial charge in [-0.1, -0.05) is 11.6 Å². The van der Waals surface area contributed by atoms with E-state index in [0.29, 0.717) is 11.3 Å². The van der Waals surface area contributed by atoms with Gasteiger partial charge in [0.05, 0.1) is 16.3 Å². The lowest BCUT2D eigenvalue weighted by molar-refractivity contribution is 0.0942. The molecular weight excluding hydrogens is 469 g/mol. The van der Waals surface area contributed by atoms with Crippen LogP contribution in [-0.2, 0) is 13.1 Å². The number of carbonyl (C=O) groups is 2. The zero-order valence-electron chi connectivity index (χ0n) is 17.8. The van der Waals surface area contributed by atoms with Gasteiger partial charge in [0.15, 0.2) is 0 Å². The molecule has 0 aliphatic heterocycles.